The highest BCUT2D eigenvalue weighted by molar-refractivity contribution is 8.68. The van der Waals surface area contributed by atoms with Crippen molar-refractivity contribution in [2.24, 2.45) is 0 Å². The Balaban J connectivity index is 2.62. The zero-order valence-electron chi connectivity index (χ0n) is 7.41. The first-order valence-electron chi connectivity index (χ1n) is 3.73. The smallest absolute Gasteiger partial charge is 0.419 e. The monoisotopic (exact) mass is 231 g/mol. The molecule has 0 heterocycles. The average molecular weight is 231 g/mol. The van der Waals surface area contributed by atoms with Crippen molar-refractivity contribution in [1.82, 2.24) is 4.31 Å². The molecule has 14 heavy (non-hydrogen) atoms. The van der Waals surface area contributed by atoms with E-state index in [0.29, 0.717) is 0 Å². The molecule has 0 fully saturated rings. The van der Waals surface area contributed by atoms with E-state index in [1.807, 2.05) is 6.07 Å². The Kier molecular flexibility index (Phi) is 3.97. The first-order chi connectivity index (χ1) is 6.61. The van der Waals surface area contributed by atoms with Crippen molar-refractivity contribution >= 4 is 26.9 Å². The molecule has 1 aromatic rings. The lowest BCUT2D eigenvalue weighted by Gasteiger charge is -2.10. The fraction of sp³-hybridized carbons (Fsp3) is 0.125. The van der Waals surface area contributed by atoms with E-state index in [4.69, 9.17) is 5.11 Å². The van der Waals surface area contributed by atoms with Gasteiger partial charge in [0.2, 0.25) is 0 Å². The summed E-state index contributed by atoms with van der Waals surface area (Å²) in [5, 5.41) is 8.55. The van der Waals surface area contributed by atoms with Crippen molar-refractivity contribution < 1.29 is 14.1 Å². The van der Waals surface area contributed by atoms with E-state index >= 15 is 0 Å². The highest BCUT2D eigenvalue weighted by atomic mass is 33.1. The fourth-order valence-corrected chi connectivity index (χ4v) is 2.70. The second-order valence-electron chi connectivity index (χ2n) is 2.39. The first-order valence-corrected chi connectivity index (χ1v) is 6.17. The Hall–Kier alpha value is -1.01. The second-order valence-corrected chi connectivity index (χ2v) is 5.37. The molecule has 0 bridgehead atoms. The largest absolute Gasteiger partial charge is 0.464 e. The van der Waals surface area contributed by atoms with Crippen LogP contribution in [0.25, 0.3) is 0 Å². The minimum atomic E-state index is -1.60. The molecule has 1 unspecified atom stereocenters. The molecule has 0 saturated carbocycles. The third-order valence-corrected chi connectivity index (χ3v) is 4.29. The lowest BCUT2D eigenvalue weighted by Crippen LogP contribution is -2.24. The molecule has 1 amide bonds. The molecule has 1 aromatic carbocycles. The molecule has 0 saturated heterocycles. The van der Waals surface area contributed by atoms with Crippen molar-refractivity contribution in [2.45, 2.75) is 4.90 Å². The van der Waals surface area contributed by atoms with E-state index in [0.717, 1.165) is 20.0 Å². The summed E-state index contributed by atoms with van der Waals surface area (Å²) in [4.78, 5) is 11.2. The molecule has 0 spiro atoms. The molecule has 0 aliphatic rings. The Bertz CT molecular complexity index is 342. The van der Waals surface area contributed by atoms with Crippen LogP contribution in [-0.4, -0.2) is 26.8 Å². The Morgan fingerprint density at radius 1 is 1.43 bits per heavy atom. The van der Waals surface area contributed by atoms with Gasteiger partial charge in [0.05, 0.1) is 0 Å². The molecule has 0 radical (unpaired) electrons. The summed E-state index contributed by atoms with van der Waals surface area (Å²) in [5.74, 6) is 0. The predicted molar refractivity (Wildman–Crippen MR) is 56.2 cm³/mol. The van der Waals surface area contributed by atoms with Gasteiger partial charge in [-0.15, -0.1) is 0 Å². The van der Waals surface area contributed by atoms with E-state index in [2.05, 4.69) is 0 Å². The van der Waals surface area contributed by atoms with Gasteiger partial charge in [-0.25, -0.2) is 13.3 Å². The van der Waals surface area contributed by atoms with Gasteiger partial charge in [0.1, 0.15) is 0 Å². The van der Waals surface area contributed by atoms with Crippen LogP contribution in [0.15, 0.2) is 35.2 Å². The number of rotatable bonds is 3. The summed E-state index contributed by atoms with van der Waals surface area (Å²) in [6.07, 6.45) is -1.20. The van der Waals surface area contributed by atoms with E-state index in [1.165, 1.54) is 7.05 Å². The first kappa shape index (κ1) is 11.1. The standard InChI is InChI=1S/C8H9NO3S2/c1-9(8(10)11)14(12)13-7-5-3-2-4-6-7/h2-6H,1H3,(H,10,11). The van der Waals surface area contributed by atoms with Crippen molar-refractivity contribution in [1.29, 1.82) is 0 Å². The third kappa shape index (κ3) is 3.04. The lowest BCUT2D eigenvalue weighted by atomic mass is 10.4. The number of carbonyl (C=O) groups is 1. The minimum absolute atomic E-state index is 0.762. The summed E-state index contributed by atoms with van der Waals surface area (Å²) in [7, 11) is 0.674. The Labute approximate surface area is 87.9 Å². The van der Waals surface area contributed by atoms with Crippen molar-refractivity contribution in [3.05, 3.63) is 30.3 Å². The van der Waals surface area contributed by atoms with Crippen molar-refractivity contribution in [2.75, 3.05) is 7.05 Å². The topological polar surface area (TPSA) is 57.6 Å². The molecule has 0 aliphatic heterocycles. The molecular formula is C8H9NO3S2. The summed E-state index contributed by atoms with van der Waals surface area (Å²) in [6, 6.07) is 9.00. The Morgan fingerprint density at radius 2 is 2.00 bits per heavy atom. The Morgan fingerprint density at radius 3 is 2.50 bits per heavy atom. The average Bonchev–Trinajstić information content (AvgIpc) is 2.18. The minimum Gasteiger partial charge on any atom is -0.464 e. The van der Waals surface area contributed by atoms with Gasteiger partial charge in [0.25, 0.3) is 0 Å². The second kappa shape index (κ2) is 5.02. The molecule has 76 valence electrons. The lowest BCUT2D eigenvalue weighted by molar-refractivity contribution is 0.180. The molecule has 0 aliphatic carbocycles. The summed E-state index contributed by atoms with van der Waals surface area (Å²) >= 11 is 0. The van der Waals surface area contributed by atoms with Crippen LogP contribution in [0.1, 0.15) is 0 Å². The van der Waals surface area contributed by atoms with Crippen molar-refractivity contribution in [3.63, 3.8) is 0 Å². The summed E-state index contributed by atoms with van der Waals surface area (Å²) < 4.78 is 12.1. The maximum absolute atomic E-state index is 11.4. The van der Waals surface area contributed by atoms with Gasteiger partial charge < -0.3 is 5.11 Å². The molecule has 6 heteroatoms. The maximum Gasteiger partial charge on any atom is 0.419 e. The van der Waals surface area contributed by atoms with Crippen LogP contribution in [0.5, 0.6) is 0 Å². The number of carboxylic acid groups (broad SMARTS) is 1. The fourth-order valence-electron chi connectivity index (χ4n) is 0.678. The van der Waals surface area contributed by atoms with E-state index < -0.39 is 16.1 Å². The van der Waals surface area contributed by atoms with Gasteiger partial charge >= 0.3 is 6.09 Å². The molecule has 1 rings (SSSR count). The molecule has 4 nitrogen and oxygen atoms in total. The van der Waals surface area contributed by atoms with Gasteiger partial charge in [-0.3, -0.25) is 0 Å². The number of hydrogen-bond donors (Lipinski definition) is 1. The molecular weight excluding hydrogens is 222 g/mol. The van der Waals surface area contributed by atoms with Gasteiger partial charge in [0.15, 0.2) is 10.0 Å². The number of nitrogens with zero attached hydrogens (tertiary/aromatic N) is 1. The summed E-state index contributed by atoms with van der Waals surface area (Å²) in [5.41, 5.74) is 0. The quantitative estimate of drug-likeness (QED) is 0.808. The van der Waals surface area contributed by atoms with E-state index in [-0.39, 0.29) is 0 Å². The zero-order chi connectivity index (χ0) is 10.6. The van der Waals surface area contributed by atoms with Gasteiger partial charge in [-0.2, -0.15) is 0 Å². The van der Waals surface area contributed by atoms with Gasteiger partial charge in [-0.05, 0) is 22.9 Å². The number of amides is 1. The number of hydrogen-bond acceptors (Lipinski definition) is 3. The highest BCUT2D eigenvalue weighted by Crippen LogP contribution is 2.22. The van der Waals surface area contributed by atoms with Crippen LogP contribution >= 0.6 is 10.8 Å². The molecule has 0 aromatic heterocycles. The van der Waals surface area contributed by atoms with Gasteiger partial charge in [0, 0.05) is 11.9 Å². The summed E-state index contributed by atoms with van der Waals surface area (Å²) in [6.45, 7) is 0. The van der Waals surface area contributed by atoms with Crippen LogP contribution in [-0.2, 0) is 10.0 Å². The molecule has 1 atom stereocenters. The van der Waals surface area contributed by atoms with E-state index in [1.54, 1.807) is 24.3 Å². The maximum atomic E-state index is 11.4. The predicted octanol–water partition coefficient (Wildman–Crippen LogP) is 1.97. The van der Waals surface area contributed by atoms with E-state index in [9.17, 15) is 9.00 Å². The third-order valence-electron chi connectivity index (χ3n) is 1.40. The van der Waals surface area contributed by atoms with Crippen LogP contribution in [0, 0.1) is 0 Å². The number of benzene rings is 1. The van der Waals surface area contributed by atoms with Crippen LogP contribution in [0.3, 0.4) is 0 Å². The normalized spacial score (nSPS) is 12.1. The SMILES string of the molecule is CN(C(=O)O)S(=O)Sc1ccccc1. The van der Waals surface area contributed by atoms with Crippen LogP contribution < -0.4 is 0 Å². The molecule has 1 N–H and O–H groups in total. The van der Waals surface area contributed by atoms with Crippen LogP contribution in [0.2, 0.25) is 0 Å². The van der Waals surface area contributed by atoms with Gasteiger partial charge in [-0.1, -0.05) is 18.2 Å². The van der Waals surface area contributed by atoms with Crippen LogP contribution in [0.4, 0.5) is 4.79 Å². The van der Waals surface area contributed by atoms with Crippen molar-refractivity contribution in [3.8, 4) is 0 Å². The zero-order valence-corrected chi connectivity index (χ0v) is 9.05. The highest BCUT2D eigenvalue weighted by Gasteiger charge is 2.14.